The maximum Gasteiger partial charge on any atom is 0.277 e. The molecule has 1 N–H and O–H groups in total. The molecule has 3 rings (SSSR count). The van der Waals surface area contributed by atoms with Crippen LogP contribution in [0, 0.1) is 0 Å². The van der Waals surface area contributed by atoms with Crippen LogP contribution in [0.25, 0.3) is 0 Å². The molecule has 1 aromatic heterocycles. The van der Waals surface area contributed by atoms with E-state index in [1.54, 1.807) is 0 Å². The van der Waals surface area contributed by atoms with E-state index in [0.717, 1.165) is 12.8 Å². The van der Waals surface area contributed by atoms with Crippen LogP contribution in [0.5, 0.6) is 0 Å². The van der Waals surface area contributed by atoms with Gasteiger partial charge in [0, 0.05) is 12.5 Å². The number of carbonyl (C=O) groups is 1. The van der Waals surface area contributed by atoms with Crippen molar-refractivity contribution < 1.29 is 9.21 Å². The molecule has 1 amide bonds. The van der Waals surface area contributed by atoms with Crippen molar-refractivity contribution in [3.63, 3.8) is 0 Å². The van der Waals surface area contributed by atoms with Gasteiger partial charge in [-0.1, -0.05) is 42.1 Å². The first-order valence-corrected chi connectivity index (χ1v) is 9.06. The number of rotatable bonds is 8. The van der Waals surface area contributed by atoms with E-state index in [9.17, 15) is 4.79 Å². The van der Waals surface area contributed by atoms with Crippen LogP contribution in [-0.2, 0) is 4.79 Å². The summed E-state index contributed by atoms with van der Waals surface area (Å²) in [6.07, 6.45) is 2.25. The fraction of sp³-hybridized carbons (Fsp3) is 0.471. The number of hydrogen-bond donors (Lipinski definition) is 1. The van der Waals surface area contributed by atoms with E-state index in [2.05, 4.69) is 32.5 Å². The van der Waals surface area contributed by atoms with E-state index in [4.69, 9.17) is 4.42 Å². The summed E-state index contributed by atoms with van der Waals surface area (Å²) in [4.78, 5) is 14.2. The zero-order valence-corrected chi connectivity index (χ0v) is 14.8. The van der Waals surface area contributed by atoms with Crippen molar-refractivity contribution in [1.82, 2.24) is 20.4 Å². The van der Waals surface area contributed by atoms with Gasteiger partial charge in [0.1, 0.15) is 0 Å². The van der Waals surface area contributed by atoms with Gasteiger partial charge in [-0.3, -0.25) is 4.79 Å². The SMILES string of the molecule is CN(C)[C@H](CNC(=O)CSc1nnc(C2CC2)o1)c1ccccc1. The molecule has 1 fully saturated rings. The maximum atomic E-state index is 12.1. The largest absolute Gasteiger partial charge is 0.416 e. The van der Waals surface area contributed by atoms with Crippen LogP contribution in [0.15, 0.2) is 40.0 Å². The molecular formula is C17H22N4O2S. The summed E-state index contributed by atoms with van der Waals surface area (Å²) in [6, 6.07) is 10.3. The summed E-state index contributed by atoms with van der Waals surface area (Å²) in [5, 5.41) is 11.5. The van der Waals surface area contributed by atoms with E-state index >= 15 is 0 Å². The molecule has 1 aliphatic rings. The molecule has 0 spiro atoms. The highest BCUT2D eigenvalue weighted by Crippen LogP contribution is 2.39. The third kappa shape index (κ3) is 4.58. The van der Waals surface area contributed by atoms with E-state index in [1.165, 1.54) is 17.3 Å². The van der Waals surface area contributed by atoms with Crippen LogP contribution < -0.4 is 5.32 Å². The minimum Gasteiger partial charge on any atom is -0.416 e. The zero-order valence-electron chi connectivity index (χ0n) is 13.9. The molecule has 6 nitrogen and oxygen atoms in total. The number of nitrogens with zero attached hydrogens (tertiary/aromatic N) is 3. The number of aromatic nitrogens is 2. The Morgan fingerprint density at radius 3 is 2.75 bits per heavy atom. The van der Waals surface area contributed by atoms with Crippen LogP contribution in [-0.4, -0.2) is 47.4 Å². The van der Waals surface area contributed by atoms with Crippen LogP contribution in [0.3, 0.4) is 0 Å². The third-order valence-electron chi connectivity index (χ3n) is 3.98. The molecule has 7 heteroatoms. The van der Waals surface area contributed by atoms with Crippen molar-refractivity contribution in [3.8, 4) is 0 Å². The molecular weight excluding hydrogens is 324 g/mol. The molecule has 1 aromatic carbocycles. The van der Waals surface area contributed by atoms with Gasteiger partial charge < -0.3 is 14.6 Å². The molecule has 1 aliphatic carbocycles. The summed E-state index contributed by atoms with van der Waals surface area (Å²) in [5.74, 6) is 1.39. The van der Waals surface area contributed by atoms with E-state index in [1.807, 2.05) is 32.3 Å². The van der Waals surface area contributed by atoms with Crippen molar-refractivity contribution in [3.05, 3.63) is 41.8 Å². The quantitative estimate of drug-likeness (QED) is 0.741. The Hall–Kier alpha value is -1.86. The highest BCUT2D eigenvalue weighted by atomic mass is 32.2. The van der Waals surface area contributed by atoms with Gasteiger partial charge in [-0.15, -0.1) is 10.2 Å². The molecule has 0 unspecified atom stereocenters. The number of carbonyl (C=O) groups excluding carboxylic acids is 1. The van der Waals surface area contributed by atoms with Crippen LogP contribution >= 0.6 is 11.8 Å². The number of thioether (sulfide) groups is 1. The van der Waals surface area contributed by atoms with Gasteiger partial charge in [0.15, 0.2) is 0 Å². The van der Waals surface area contributed by atoms with Crippen LogP contribution in [0.1, 0.15) is 36.3 Å². The molecule has 0 radical (unpaired) electrons. The molecule has 1 saturated carbocycles. The Morgan fingerprint density at radius 2 is 2.08 bits per heavy atom. The smallest absolute Gasteiger partial charge is 0.277 e. The Bertz CT molecular complexity index is 670. The summed E-state index contributed by atoms with van der Waals surface area (Å²) in [7, 11) is 4.02. The summed E-state index contributed by atoms with van der Waals surface area (Å²) < 4.78 is 5.54. The first kappa shape index (κ1) is 17.0. The van der Waals surface area contributed by atoms with Crippen molar-refractivity contribution in [2.45, 2.75) is 30.0 Å². The number of hydrogen-bond acceptors (Lipinski definition) is 6. The monoisotopic (exact) mass is 346 g/mol. The number of nitrogens with one attached hydrogen (secondary N) is 1. The van der Waals surface area contributed by atoms with Gasteiger partial charge in [0.2, 0.25) is 11.8 Å². The van der Waals surface area contributed by atoms with E-state index in [0.29, 0.717) is 23.6 Å². The Morgan fingerprint density at radius 1 is 1.33 bits per heavy atom. The van der Waals surface area contributed by atoms with Gasteiger partial charge in [-0.25, -0.2) is 0 Å². The Labute approximate surface area is 146 Å². The average molecular weight is 346 g/mol. The molecule has 128 valence electrons. The Kier molecular flexibility index (Phi) is 5.52. The zero-order chi connectivity index (χ0) is 16.9. The predicted molar refractivity (Wildman–Crippen MR) is 92.9 cm³/mol. The first-order valence-electron chi connectivity index (χ1n) is 8.07. The summed E-state index contributed by atoms with van der Waals surface area (Å²) >= 11 is 1.28. The number of likely N-dealkylation sites (N-methyl/N-ethyl adjacent to an activating group) is 1. The lowest BCUT2D eigenvalue weighted by molar-refractivity contribution is -0.118. The third-order valence-corrected chi connectivity index (χ3v) is 4.79. The molecule has 1 heterocycles. The van der Waals surface area contributed by atoms with Crippen molar-refractivity contribution in [2.24, 2.45) is 0 Å². The van der Waals surface area contributed by atoms with Crippen LogP contribution in [0.4, 0.5) is 0 Å². The van der Waals surface area contributed by atoms with Gasteiger partial charge >= 0.3 is 0 Å². The number of benzene rings is 1. The highest BCUT2D eigenvalue weighted by Gasteiger charge is 2.29. The fourth-order valence-electron chi connectivity index (χ4n) is 2.44. The molecule has 0 bridgehead atoms. The molecule has 1 atom stereocenters. The fourth-order valence-corrected chi connectivity index (χ4v) is 3.04. The molecule has 24 heavy (non-hydrogen) atoms. The normalized spacial score (nSPS) is 15.5. The number of amides is 1. The second-order valence-corrected chi connectivity index (χ2v) is 7.09. The maximum absolute atomic E-state index is 12.1. The second-order valence-electron chi connectivity index (χ2n) is 6.16. The van der Waals surface area contributed by atoms with Crippen molar-refractivity contribution >= 4 is 17.7 Å². The lowest BCUT2D eigenvalue weighted by Gasteiger charge is -2.25. The minimum absolute atomic E-state index is 0.0334. The molecule has 0 aliphatic heterocycles. The van der Waals surface area contributed by atoms with Gasteiger partial charge in [-0.05, 0) is 32.5 Å². The summed E-state index contributed by atoms with van der Waals surface area (Å²) in [5.41, 5.74) is 1.18. The summed E-state index contributed by atoms with van der Waals surface area (Å²) in [6.45, 7) is 0.563. The van der Waals surface area contributed by atoms with E-state index in [-0.39, 0.29) is 17.7 Å². The lowest BCUT2D eigenvalue weighted by atomic mass is 10.1. The predicted octanol–water partition coefficient (Wildman–Crippen LogP) is 2.46. The minimum atomic E-state index is -0.0334. The topological polar surface area (TPSA) is 71.3 Å². The van der Waals surface area contributed by atoms with Crippen molar-refractivity contribution in [1.29, 1.82) is 0 Å². The van der Waals surface area contributed by atoms with Crippen LogP contribution in [0.2, 0.25) is 0 Å². The standard InChI is InChI=1S/C17H22N4O2S/c1-21(2)14(12-6-4-3-5-7-12)10-18-15(22)11-24-17-20-19-16(23-17)13-8-9-13/h3-7,13-14H,8-11H2,1-2H3,(H,18,22)/t14-/m1/s1. The van der Waals surface area contributed by atoms with Gasteiger partial charge in [0.25, 0.3) is 5.22 Å². The van der Waals surface area contributed by atoms with E-state index < -0.39 is 0 Å². The second kappa shape index (κ2) is 7.81. The first-order chi connectivity index (χ1) is 11.6. The molecule has 2 aromatic rings. The van der Waals surface area contributed by atoms with Gasteiger partial charge in [-0.2, -0.15) is 0 Å². The highest BCUT2D eigenvalue weighted by molar-refractivity contribution is 7.99. The molecule has 0 saturated heterocycles. The average Bonchev–Trinajstić information content (AvgIpc) is 3.32. The van der Waals surface area contributed by atoms with Gasteiger partial charge in [0.05, 0.1) is 11.8 Å². The lowest BCUT2D eigenvalue weighted by Crippen LogP contribution is -2.35. The Balaban J connectivity index is 1.46. The van der Waals surface area contributed by atoms with Crippen molar-refractivity contribution in [2.75, 3.05) is 26.4 Å².